The van der Waals surface area contributed by atoms with E-state index in [0.717, 1.165) is 16.8 Å². The van der Waals surface area contributed by atoms with Gasteiger partial charge < -0.3 is 19.8 Å². The minimum atomic E-state index is -0.338. The highest BCUT2D eigenvalue weighted by atomic mass is 35.5. The molecule has 0 spiro atoms. The van der Waals surface area contributed by atoms with E-state index < -0.39 is 0 Å². The minimum absolute atomic E-state index is 0.292. The van der Waals surface area contributed by atoms with Crippen LogP contribution >= 0.6 is 34.8 Å². The Balaban J connectivity index is 1.51. The highest BCUT2D eigenvalue weighted by molar-refractivity contribution is 6.42. The van der Waals surface area contributed by atoms with Gasteiger partial charge in [-0.25, -0.2) is 4.79 Å². The first-order valence-electron chi connectivity index (χ1n) is 10.5. The molecule has 34 heavy (non-hydrogen) atoms. The Morgan fingerprint density at radius 3 is 2.59 bits per heavy atom. The lowest BCUT2D eigenvalue weighted by Gasteiger charge is -2.26. The third-order valence-electron chi connectivity index (χ3n) is 5.36. The highest BCUT2D eigenvalue weighted by Crippen LogP contribution is 2.27. The summed E-state index contributed by atoms with van der Waals surface area (Å²) in [7, 11) is 1.56. The van der Waals surface area contributed by atoms with Crippen LogP contribution in [-0.4, -0.2) is 36.4 Å². The molecular formula is C25H22Cl3N3O3. The van der Waals surface area contributed by atoms with Gasteiger partial charge in [0.05, 0.1) is 35.1 Å². The Hall–Kier alpha value is -2.93. The Bertz CT molecular complexity index is 1220. The van der Waals surface area contributed by atoms with Crippen LogP contribution in [0.3, 0.4) is 0 Å². The van der Waals surface area contributed by atoms with E-state index in [1.54, 1.807) is 42.3 Å². The number of anilines is 1. The second-order valence-electron chi connectivity index (χ2n) is 7.70. The number of nitrogens with one attached hydrogen (secondary N) is 1. The number of carbonyl (C=O) groups excluding carboxylic acids is 1. The van der Waals surface area contributed by atoms with Gasteiger partial charge in [0.2, 0.25) is 0 Å². The molecule has 6 nitrogen and oxygen atoms in total. The summed E-state index contributed by atoms with van der Waals surface area (Å²) < 4.78 is 5.36. The smallest absolute Gasteiger partial charge is 0.322 e. The molecule has 3 aromatic carbocycles. The van der Waals surface area contributed by atoms with Crippen LogP contribution in [0.15, 0.2) is 71.9 Å². The summed E-state index contributed by atoms with van der Waals surface area (Å²) in [6.45, 7) is 0.586. The molecule has 1 N–H and O–H groups in total. The number of amides is 2. The maximum absolute atomic E-state index is 13.3. The summed E-state index contributed by atoms with van der Waals surface area (Å²) in [5.41, 5.74) is 2.96. The van der Waals surface area contributed by atoms with Gasteiger partial charge in [-0.1, -0.05) is 76.4 Å². The number of urea groups is 1. The van der Waals surface area contributed by atoms with Crippen molar-refractivity contribution in [3.63, 3.8) is 0 Å². The first-order valence-corrected chi connectivity index (χ1v) is 11.7. The number of carbonyl (C=O) groups is 1. The van der Waals surface area contributed by atoms with E-state index in [-0.39, 0.29) is 12.1 Å². The number of para-hydroxylation sites is 2. The molecule has 3 aromatic rings. The summed E-state index contributed by atoms with van der Waals surface area (Å²) in [6.07, 6.45) is 0.175. The number of nitrogens with zero attached hydrogens (tertiary/aromatic N) is 2. The fraction of sp³-hybridized carbons (Fsp3) is 0.200. The van der Waals surface area contributed by atoms with Crippen molar-refractivity contribution in [2.45, 2.75) is 19.1 Å². The van der Waals surface area contributed by atoms with Gasteiger partial charge in [-0.3, -0.25) is 0 Å². The molecule has 9 heteroatoms. The van der Waals surface area contributed by atoms with Crippen LogP contribution < -0.4 is 10.1 Å². The van der Waals surface area contributed by atoms with Crippen LogP contribution in [0, 0.1) is 0 Å². The van der Waals surface area contributed by atoms with E-state index in [2.05, 4.69) is 10.5 Å². The molecule has 1 atom stereocenters. The molecule has 0 aliphatic carbocycles. The van der Waals surface area contributed by atoms with E-state index in [0.29, 0.717) is 46.0 Å². The molecule has 0 saturated carbocycles. The second kappa shape index (κ2) is 11.0. The van der Waals surface area contributed by atoms with Crippen molar-refractivity contribution in [1.82, 2.24) is 4.90 Å². The Labute approximate surface area is 213 Å². The number of ether oxygens (including phenoxy) is 1. The average molecular weight is 519 g/mol. The monoisotopic (exact) mass is 517 g/mol. The van der Waals surface area contributed by atoms with Gasteiger partial charge in [0, 0.05) is 23.6 Å². The van der Waals surface area contributed by atoms with Gasteiger partial charge >= 0.3 is 6.03 Å². The normalized spacial score (nSPS) is 14.8. The van der Waals surface area contributed by atoms with E-state index >= 15 is 0 Å². The molecule has 0 bridgehead atoms. The van der Waals surface area contributed by atoms with Crippen LogP contribution in [0.25, 0.3) is 0 Å². The van der Waals surface area contributed by atoms with Gasteiger partial charge in [0.25, 0.3) is 0 Å². The van der Waals surface area contributed by atoms with Crippen molar-refractivity contribution in [3.05, 3.63) is 92.9 Å². The van der Waals surface area contributed by atoms with Crippen LogP contribution in [0.5, 0.6) is 5.75 Å². The zero-order valence-electron chi connectivity index (χ0n) is 18.3. The lowest BCUT2D eigenvalue weighted by molar-refractivity contribution is 0.0608. The van der Waals surface area contributed by atoms with Crippen molar-refractivity contribution in [2.24, 2.45) is 5.16 Å². The summed E-state index contributed by atoms with van der Waals surface area (Å²) in [5.74, 6) is 0.566. The van der Waals surface area contributed by atoms with E-state index in [9.17, 15) is 4.79 Å². The number of hydrogen-bond donors (Lipinski definition) is 1. The van der Waals surface area contributed by atoms with Crippen molar-refractivity contribution < 1.29 is 14.4 Å². The summed E-state index contributed by atoms with van der Waals surface area (Å²) in [5, 5.41) is 8.64. The summed E-state index contributed by atoms with van der Waals surface area (Å²) in [6, 6.07) is 19.7. The van der Waals surface area contributed by atoms with Gasteiger partial charge in [-0.05, 0) is 35.9 Å². The number of rotatable bonds is 7. The van der Waals surface area contributed by atoms with E-state index in [1.165, 1.54) is 0 Å². The van der Waals surface area contributed by atoms with Gasteiger partial charge in [-0.15, -0.1) is 0 Å². The minimum Gasteiger partial charge on any atom is -0.495 e. The average Bonchev–Trinajstić information content (AvgIpc) is 3.30. The lowest BCUT2D eigenvalue weighted by Crippen LogP contribution is -2.40. The number of hydrogen-bond acceptors (Lipinski definition) is 4. The Morgan fingerprint density at radius 1 is 1.06 bits per heavy atom. The fourth-order valence-electron chi connectivity index (χ4n) is 3.61. The number of halogens is 3. The first-order chi connectivity index (χ1) is 16.4. The molecule has 0 radical (unpaired) electrons. The van der Waals surface area contributed by atoms with Crippen LogP contribution in [0.1, 0.15) is 17.5 Å². The number of oxime groups is 1. The molecule has 0 aromatic heterocycles. The third-order valence-corrected chi connectivity index (χ3v) is 6.47. The highest BCUT2D eigenvalue weighted by Gasteiger charge is 2.28. The van der Waals surface area contributed by atoms with E-state index in [1.807, 2.05) is 36.4 Å². The molecule has 2 amide bonds. The third kappa shape index (κ3) is 5.76. The predicted molar refractivity (Wildman–Crippen MR) is 136 cm³/mol. The molecule has 1 unspecified atom stereocenters. The zero-order valence-corrected chi connectivity index (χ0v) is 20.6. The maximum atomic E-state index is 13.3. The lowest BCUT2D eigenvalue weighted by atomic mass is 10.0. The molecular weight excluding hydrogens is 497 g/mol. The van der Waals surface area contributed by atoms with Crippen LogP contribution in [0.4, 0.5) is 10.5 Å². The Morgan fingerprint density at radius 2 is 1.82 bits per heavy atom. The molecule has 0 saturated heterocycles. The molecule has 4 rings (SSSR count). The van der Waals surface area contributed by atoms with Crippen LogP contribution in [0.2, 0.25) is 15.1 Å². The summed E-state index contributed by atoms with van der Waals surface area (Å²) >= 11 is 18.5. The van der Waals surface area contributed by atoms with Crippen LogP contribution in [-0.2, 0) is 11.4 Å². The predicted octanol–water partition coefficient (Wildman–Crippen LogP) is 6.88. The number of benzene rings is 3. The Kier molecular flexibility index (Phi) is 7.83. The molecule has 1 aliphatic heterocycles. The summed E-state index contributed by atoms with van der Waals surface area (Å²) in [4.78, 5) is 20.6. The van der Waals surface area contributed by atoms with Crippen molar-refractivity contribution in [1.29, 1.82) is 0 Å². The quantitative estimate of drug-likeness (QED) is 0.371. The topological polar surface area (TPSA) is 63.2 Å². The standard InChI is InChI=1S/C25H22Cl3N3O3/c1-33-24-9-5-4-8-22(24)29-25(32)31(14-17-6-2-3-7-19(17)26)15-18-13-23(30-34-18)16-10-11-20(27)21(28)12-16/h2-12,18H,13-15H2,1H3,(H,29,32). The SMILES string of the molecule is COc1ccccc1NC(=O)N(Cc1ccccc1Cl)CC1CC(c2ccc(Cl)c(Cl)c2)=NO1. The second-order valence-corrected chi connectivity index (χ2v) is 8.92. The molecule has 176 valence electrons. The zero-order chi connectivity index (χ0) is 24.1. The van der Waals surface area contributed by atoms with Crippen molar-refractivity contribution in [2.75, 3.05) is 19.0 Å². The van der Waals surface area contributed by atoms with Gasteiger partial charge in [-0.2, -0.15) is 0 Å². The van der Waals surface area contributed by atoms with Crippen molar-refractivity contribution in [3.8, 4) is 5.75 Å². The largest absolute Gasteiger partial charge is 0.495 e. The van der Waals surface area contributed by atoms with E-state index in [4.69, 9.17) is 44.4 Å². The van der Waals surface area contributed by atoms with Crippen molar-refractivity contribution >= 4 is 52.2 Å². The maximum Gasteiger partial charge on any atom is 0.322 e. The first kappa shape index (κ1) is 24.2. The molecule has 1 heterocycles. The number of methoxy groups -OCH3 is 1. The van der Waals surface area contributed by atoms with Gasteiger partial charge in [0.1, 0.15) is 5.75 Å². The molecule has 0 fully saturated rings. The fourth-order valence-corrected chi connectivity index (χ4v) is 4.11. The molecule has 1 aliphatic rings. The van der Waals surface area contributed by atoms with Gasteiger partial charge in [0.15, 0.2) is 6.10 Å².